The average molecular weight is 304 g/mol. The number of nitro groups is 1. The molecule has 2 heterocycles. The molecule has 7 nitrogen and oxygen atoms in total. The summed E-state index contributed by atoms with van der Waals surface area (Å²) in [5.74, 6) is 0. The summed E-state index contributed by atoms with van der Waals surface area (Å²) in [4.78, 5) is 20.1. The minimum atomic E-state index is -0.469. The van der Waals surface area contributed by atoms with Crippen molar-refractivity contribution in [2.45, 2.75) is 19.9 Å². The molecule has 0 radical (unpaired) electrons. The van der Waals surface area contributed by atoms with Crippen molar-refractivity contribution in [3.8, 4) is 0 Å². The number of non-ortho nitro benzene ring substituents is 1. The van der Waals surface area contributed by atoms with Crippen molar-refractivity contribution in [3.05, 3.63) is 44.4 Å². The van der Waals surface area contributed by atoms with Gasteiger partial charge in [-0.3, -0.25) is 10.1 Å². The second-order valence-electron chi connectivity index (χ2n) is 4.33. The number of para-hydroxylation sites is 1. The minimum absolute atomic E-state index is 0.0631. The zero-order valence-electron chi connectivity index (χ0n) is 11.2. The van der Waals surface area contributed by atoms with Gasteiger partial charge < -0.3 is 9.73 Å². The van der Waals surface area contributed by atoms with Gasteiger partial charge in [-0.2, -0.15) is 4.98 Å². The summed E-state index contributed by atoms with van der Waals surface area (Å²) in [5, 5.41) is 14.9. The predicted molar refractivity (Wildman–Crippen MR) is 79.5 cm³/mol. The lowest BCUT2D eigenvalue weighted by Crippen LogP contribution is -1.98. The third-order valence-corrected chi connectivity index (χ3v) is 4.08. The van der Waals surface area contributed by atoms with Gasteiger partial charge >= 0.3 is 0 Å². The van der Waals surface area contributed by atoms with Crippen molar-refractivity contribution in [1.29, 1.82) is 0 Å². The molecule has 0 aliphatic carbocycles. The number of rotatable bonds is 5. The summed E-state index contributed by atoms with van der Waals surface area (Å²) in [6, 6.07) is 4.89. The smallest absolute Gasteiger partial charge is 0.298 e. The summed E-state index contributed by atoms with van der Waals surface area (Å²) in [6.45, 7) is 2.55. The van der Waals surface area contributed by atoms with E-state index < -0.39 is 4.92 Å². The van der Waals surface area contributed by atoms with Gasteiger partial charge in [-0.1, -0.05) is 13.0 Å². The molecule has 0 fully saturated rings. The molecule has 0 atom stereocenters. The maximum atomic E-state index is 10.9. The average Bonchev–Trinajstić information content (AvgIpc) is 3.10. The summed E-state index contributed by atoms with van der Waals surface area (Å²) in [7, 11) is 0. The number of fused-ring (bicyclic) bond motifs is 1. The molecule has 21 heavy (non-hydrogen) atoms. The number of hydrogen-bond acceptors (Lipinski definition) is 7. The van der Waals surface area contributed by atoms with E-state index in [2.05, 4.69) is 22.2 Å². The first kappa shape index (κ1) is 13.5. The molecular formula is C13H12N4O3S. The first-order chi connectivity index (χ1) is 10.2. The van der Waals surface area contributed by atoms with Crippen molar-refractivity contribution in [2.24, 2.45) is 0 Å². The number of anilines is 1. The number of hydrogen-bond donors (Lipinski definition) is 1. The van der Waals surface area contributed by atoms with Crippen LogP contribution in [0.2, 0.25) is 0 Å². The molecule has 0 spiro atoms. The zero-order valence-corrected chi connectivity index (χ0v) is 12.0. The molecule has 0 amide bonds. The Morgan fingerprint density at radius 2 is 2.33 bits per heavy atom. The lowest BCUT2D eigenvalue weighted by Gasteiger charge is -1.96. The fourth-order valence-electron chi connectivity index (χ4n) is 1.90. The van der Waals surface area contributed by atoms with Crippen LogP contribution < -0.4 is 5.32 Å². The number of thiazole rings is 1. The van der Waals surface area contributed by atoms with Crippen LogP contribution in [0.3, 0.4) is 0 Å². The highest BCUT2D eigenvalue weighted by molar-refractivity contribution is 7.11. The molecule has 0 bridgehead atoms. The van der Waals surface area contributed by atoms with Gasteiger partial charge in [0.15, 0.2) is 11.1 Å². The van der Waals surface area contributed by atoms with Crippen LogP contribution in [-0.4, -0.2) is 14.9 Å². The largest absolute Gasteiger partial charge is 0.423 e. The monoisotopic (exact) mass is 304 g/mol. The molecule has 2 aromatic heterocycles. The van der Waals surface area contributed by atoms with E-state index in [9.17, 15) is 10.1 Å². The van der Waals surface area contributed by atoms with E-state index in [0.717, 1.165) is 11.4 Å². The van der Waals surface area contributed by atoms with Gasteiger partial charge in [0.1, 0.15) is 5.01 Å². The van der Waals surface area contributed by atoms with Gasteiger partial charge in [0.05, 0.1) is 11.5 Å². The second kappa shape index (κ2) is 5.49. The lowest BCUT2D eigenvalue weighted by molar-refractivity contribution is -0.383. The van der Waals surface area contributed by atoms with Crippen molar-refractivity contribution in [1.82, 2.24) is 9.97 Å². The quantitative estimate of drug-likeness (QED) is 0.573. The van der Waals surface area contributed by atoms with Crippen LogP contribution in [0.4, 0.5) is 11.7 Å². The van der Waals surface area contributed by atoms with Crippen LogP contribution >= 0.6 is 11.3 Å². The molecule has 1 N–H and O–H groups in total. The van der Waals surface area contributed by atoms with E-state index in [4.69, 9.17) is 4.42 Å². The first-order valence-corrected chi connectivity index (χ1v) is 7.20. The van der Waals surface area contributed by atoms with E-state index in [1.165, 1.54) is 10.9 Å². The van der Waals surface area contributed by atoms with Crippen LogP contribution in [0, 0.1) is 10.1 Å². The summed E-state index contributed by atoms with van der Waals surface area (Å²) in [6.07, 6.45) is 2.80. The summed E-state index contributed by atoms with van der Waals surface area (Å²) in [5.41, 5.74) is 0.574. The Labute approximate surface area is 123 Å². The highest BCUT2D eigenvalue weighted by Gasteiger charge is 2.17. The van der Waals surface area contributed by atoms with Gasteiger partial charge in [-0.05, 0) is 12.5 Å². The summed E-state index contributed by atoms with van der Waals surface area (Å²) >= 11 is 1.62. The highest BCUT2D eigenvalue weighted by Crippen LogP contribution is 2.27. The van der Waals surface area contributed by atoms with Gasteiger partial charge in [0.25, 0.3) is 11.7 Å². The maximum absolute atomic E-state index is 10.9. The van der Waals surface area contributed by atoms with Crippen LogP contribution in [-0.2, 0) is 13.0 Å². The van der Waals surface area contributed by atoms with Crippen molar-refractivity contribution in [2.75, 3.05) is 5.32 Å². The predicted octanol–water partition coefficient (Wildman–Crippen LogP) is 3.37. The Balaban J connectivity index is 1.81. The molecule has 0 saturated carbocycles. The van der Waals surface area contributed by atoms with Gasteiger partial charge in [-0.25, -0.2) is 4.98 Å². The molecule has 108 valence electrons. The maximum Gasteiger partial charge on any atom is 0.298 e. The molecule has 0 aliphatic rings. The van der Waals surface area contributed by atoms with Gasteiger partial charge in [0, 0.05) is 17.1 Å². The molecule has 8 heteroatoms. The Kier molecular flexibility index (Phi) is 3.53. The van der Waals surface area contributed by atoms with E-state index in [0.29, 0.717) is 12.1 Å². The molecule has 0 unspecified atom stereocenters. The Morgan fingerprint density at radius 1 is 1.48 bits per heavy atom. The number of nitro benzene ring substituents is 1. The Morgan fingerprint density at radius 3 is 3.05 bits per heavy atom. The van der Waals surface area contributed by atoms with Crippen LogP contribution in [0.25, 0.3) is 11.1 Å². The molecule has 3 rings (SSSR count). The van der Waals surface area contributed by atoms with Crippen molar-refractivity contribution in [3.63, 3.8) is 0 Å². The number of nitrogens with zero attached hydrogens (tertiary/aromatic N) is 3. The number of aryl methyl sites for hydroxylation is 1. The number of nitrogens with one attached hydrogen (secondary N) is 1. The fraction of sp³-hybridized carbons (Fsp3) is 0.231. The van der Waals surface area contributed by atoms with E-state index >= 15 is 0 Å². The van der Waals surface area contributed by atoms with Gasteiger partial charge in [-0.15, -0.1) is 11.3 Å². The van der Waals surface area contributed by atoms with Crippen LogP contribution in [0.15, 0.2) is 28.8 Å². The number of oxazole rings is 1. The third-order valence-electron chi connectivity index (χ3n) is 2.94. The van der Waals surface area contributed by atoms with Crippen LogP contribution in [0.5, 0.6) is 0 Å². The Hall–Kier alpha value is -2.48. The number of aromatic nitrogens is 2. The topological polar surface area (TPSA) is 94.1 Å². The minimum Gasteiger partial charge on any atom is -0.423 e. The van der Waals surface area contributed by atoms with E-state index in [1.54, 1.807) is 23.5 Å². The highest BCUT2D eigenvalue weighted by atomic mass is 32.1. The van der Waals surface area contributed by atoms with E-state index in [-0.39, 0.29) is 17.2 Å². The standard InChI is InChI=1S/C13H12N4O3S/c1-2-8-6-14-11(21-8)7-15-13-16-12-9(17(18)19)4-3-5-10(12)20-13/h3-6H,2,7H2,1H3,(H,15,16). The van der Waals surface area contributed by atoms with Crippen molar-refractivity contribution >= 4 is 34.1 Å². The summed E-state index contributed by atoms with van der Waals surface area (Å²) < 4.78 is 5.46. The second-order valence-corrected chi connectivity index (χ2v) is 5.53. The Bertz CT molecular complexity index is 796. The SMILES string of the molecule is CCc1cnc(CNc2nc3c([N+](=O)[O-])cccc3o2)s1. The third kappa shape index (κ3) is 2.70. The molecule has 0 aliphatic heterocycles. The van der Waals surface area contributed by atoms with Crippen LogP contribution in [0.1, 0.15) is 16.8 Å². The molecule has 0 saturated heterocycles. The van der Waals surface area contributed by atoms with Gasteiger partial charge in [0.2, 0.25) is 0 Å². The normalized spacial score (nSPS) is 10.9. The molecule has 3 aromatic rings. The fourth-order valence-corrected chi connectivity index (χ4v) is 2.70. The van der Waals surface area contributed by atoms with Crippen molar-refractivity contribution < 1.29 is 9.34 Å². The van der Waals surface area contributed by atoms with E-state index in [1.807, 2.05) is 6.20 Å². The first-order valence-electron chi connectivity index (χ1n) is 6.38. The zero-order chi connectivity index (χ0) is 14.8. The number of benzene rings is 1. The molecular weight excluding hydrogens is 292 g/mol. The molecule has 1 aromatic carbocycles. The lowest BCUT2D eigenvalue weighted by atomic mass is 10.3.